The third-order valence-electron chi connectivity index (χ3n) is 5.63. The molecule has 1 fully saturated rings. The molecule has 32 heavy (non-hydrogen) atoms. The van der Waals surface area contributed by atoms with Gasteiger partial charge in [0.25, 0.3) is 11.1 Å². The summed E-state index contributed by atoms with van der Waals surface area (Å²) in [6, 6.07) is 8.60. The molecular weight excluding hydrogens is 428 g/mol. The molecule has 0 saturated heterocycles. The summed E-state index contributed by atoms with van der Waals surface area (Å²) < 4.78 is 5.14. The Morgan fingerprint density at radius 1 is 1.16 bits per heavy atom. The van der Waals surface area contributed by atoms with E-state index >= 15 is 0 Å². The maximum atomic E-state index is 13.1. The molecule has 172 valence electrons. The van der Waals surface area contributed by atoms with Gasteiger partial charge in [0, 0.05) is 11.6 Å². The van der Waals surface area contributed by atoms with Crippen molar-refractivity contribution in [2.24, 2.45) is 11.8 Å². The van der Waals surface area contributed by atoms with E-state index in [0.29, 0.717) is 30.0 Å². The Morgan fingerprint density at radius 2 is 1.88 bits per heavy atom. The second kappa shape index (κ2) is 11.3. The monoisotopic (exact) mass is 458 g/mol. The summed E-state index contributed by atoms with van der Waals surface area (Å²) in [5, 5.41) is 9.87. The summed E-state index contributed by atoms with van der Waals surface area (Å²) in [6.07, 6.45) is 5.42. The highest BCUT2D eigenvalue weighted by Gasteiger charge is 2.35. The molecule has 8 nitrogen and oxygen atoms in total. The van der Waals surface area contributed by atoms with Crippen molar-refractivity contribution in [2.75, 3.05) is 6.26 Å². The van der Waals surface area contributed by atoms with E-state index in [0.717, 1.165) is 12.8 Å². The van der Waals surface area contributed by atoms with Crippen LogP contribution in [0.5, 0.6) is 0 Å². The van der Waals surface area contributed by atoms with Gasteiger partial charge in [0.1, 0.15) is 5.92 Å². The van der Waals surface area contributed by atoms with E-state index in [1.54, 1.807) is 24.3 Å². The SMILES string of the molecule is CSc1nc(C(CC(C)C)C(=O)NC(=O)[C@@H]2CCCC[C@@H]2NC(=O)c2ccccc2)no1. The topological polar surface area (TPSA) is 114 Å². The van der Waals surface area contributed by atoms with Crippen LogP contribution in [0.4, 0.5) is 0 Å². The van der Waals surface area contributed by atoms with E-state index in [1.807, 2.05) is 26.2 Å². The van der Waals surface area contributed by atoms with Crippen molar-refractivity contribution in [3.63, 3.8) is 0 Å². The number of hydrogen-bond acceptors (Lipinski definition) is 7. The maximum absolute atomic E-state index is 13.1. The van der Waals surface area contributed by atoms with Crippen molar-refractivity contribution in [3.05, 3.63) is 41.7 Å². The van der Waals surface area contributed by atoms with Gasteiger partial charge in [-0.2, -0.15) is 4.98 Å². The van der Waals surface area contributed by atoms with Crippen LogP contribution in [0.2, 0.25) is 0 Å². The third-order valence-corrected chi connectivity index (χ3v) is 6.15. The van der Waals surface area contributed by atoms with Gasteiger partial charge in [-0.3, -0.25) is 19.7 Å². The van der Waals surface area contributed by atoms with Gasteiger partial charge >= 0.3 is 0 Å². The molecule has 2 aromatic rings. The van der Waals surface area contributed by atoms with E-state index < -0.39 is 17.7 Å². The highest BCUT2D eigenvalue weighted by Crippen LogP contribution is 2.27. The van der Waals surface area contributed by atoms with Gasteiger partial charge in [-0.15, -0.1) is 0 Å². The molecule has 1 aliphatic carbocycles. The lowest BCUT2D eigenvalue weighted by molar-refractivity contribution is -0.134. The number of imide groups is 1. The van der Waals surface area contributed by atoms with E-state index in [4.69, 9.17) is 4.52 Å². The van der Waals surface area contributed by atoms with Crippen LogP contribution in [0.3, 0.4) is 0 Å². The van der Waals surface area contributed by atoms with Crippen molar-refractivity contribution in [1.29, 1.82) is 0 Å². The minimum Gasteiger partial charge on any atom is -0.349 e. The van der Waals surface area contributed by atoms with Crippen molar-refractivity contribution in [1.82, 2.24) is 20.8 Å². The molecule has 0 aliphatic heterocycles. The zero-order chi connectivity index (χ0) is 23.1. The molecule has 1 aliphatic rings. The molecule has 1 aromatic heterocycles. The molecule has 2 N–H and O–H groups in total. The molecule has 9 heteroatoms. The Balaban J connectivity index is 1.69. The number of rotatable bonds is 8. The van der Waals surface area contributed by atoms with Gasteiger partial charge in [0.05, 0.1) is 5.92 Å². The minimum absolute atomic E-state index is 0.199. The van der Waals surface area contributed by atoms with Gasteiger partial charge in [0.2, 0.25) is 11.8 Å². The molecule has 1 heterocycles. The fourth-order valence-electron chi connectivity index (χ4n) is 4.01. The summed E-state index contributed by atoms with van der Waals surface area (Å²) in [5.41, 5.74) is 0.548. The summed E-state index contributed by atoms with van der Waals surface area (Å²) in [4.78, 5) is 43.0. The third kappa shape index (κ3) is 6.18. The van der Waals surface area contributed by atoms with Gasteiger partial charge in [0.15, 0.2) is 5.82 Å². The number of carbonyl (C=O) groups is 3. The molecule has 1 unspecified atom stereocenters. The number of hydrogen-bond donors (Lipinski definition) is 2. The first-order valence-electron chi connectivity index (χ1n) is 11.0. The Morgan fingerprint density at radius 3 is 2.53 bits per heavy atom. The predicted molar refractivity (Wildman–Crippen MR) is 121 cm³/mol. The standard InChI is InChI=1S/C23H30N4O4S/c1-14(2)13-17(19-25-23(32-3)31-27-19)22(30)26-21(29)16-11-7-8-12-18(16)24-20(28)15-9-5-4-6-10-15/h4-6,9-10,14,16-18H,7-8,11-13H2,1-3H3,(H,24,28)(H,26,29,30)/t16-,17?,18+/m1/s1. The van der Waals surface area contributed by atoms with Crippen LogP contribution in [0.15, 0.2) is 40.1 Å². The Kier molecular flexibility index (Phi) is 8.44. The van der Waals surface area contributed by atoms with E-state index in [-0.39, 0.29) is 29.6 Å². The second-order valence-electron chi connectivity index (χ2n) is 8.50. The summed E-state index contributed by atoms with van der Waals surface area (Å²) >= 11 is 1.30. The maximum Gasteiger partial charge on any atom is 0.285 e. The molecule has 3 amide bonds. The largest absolute Gasteiger partial charge is 0.349 e. The van der Waals surface area contributed by atoms with Crippen LogP contribution in [0.25, 0.3) is 0 Å². The van der Waals surface area contributed by atoms with Crippen LogP contribution in [-0.2, 0) is 9.59 Å². The molecule has 1 aromatic carbocycles. The first kappa shape index (κ1) is 24.0. The van der Waals surface area contributed by atoms with Crippen LogP contribution < -0.4 is 10.6 Å². The zero-order valence-electron chi connectivity index (χ0n) is 18.7. The minimum atomic E-state index is -0.676. The van der Waals surface area contributed by atoms with Crippen LogP contribution in [0.1, 0.15) is 68.1 Å². The van der Waals surface area contributed by atoms with Gasteiger partial charge in [-0.25, -0.2) is 0 Å². The van der Waals surface area contributed by atoms with Gasteiger partial charge in [-0.05, 0) is 43.6 Å². The van der Waals surface area contributed by atoms with E-state index in [2.05, 4.69) is 20.8 Å². The molecular formula is C23H30N4O4S. The predicted octanol–water partition coefficient (Wildman–Crippen LogP) is 3.55. The molecule has 0 bridgehead atoms. The lowest BCUT2D eigenvalue weighted by atomic mass is 9.83. The number of nitrogens with one attached hydrogen (secondary N) is 2. The smallest absolute Gasteiger partial charge is 0.285 e. The number of nitrogens with zero attached hydrogens (tertiary/aromatic N) is 2. The first-order valence-corrected chi connectivity index (χ1v) is 12.2. The number of benzene rings is 1. The second-order valence-corrected chi connectivity index (χ2v) is 9.25. The van der Waals surface area contributed by atoms with Crippen molar-refractivity contribution in [3.8, 4) is 0 Å². The number of amides is 3. The Labute approximate surface area is 192 Å². The van der Waals surface area contributed by atoms with Crippen molar-refractivity contribution < 1.29 is 18.9 Å². The summed E-state index contributed by atoms with van der Waals surface area (Å²) in [7, 11) is 0. The average molecular weight is 459 g/mol. The lowest BCUT2D eigenvalue weighted by Gasteiger charge is -2.31. The van der Waals surface area contributed by atoms with Gasteiger partial charge in [-0.1, -0.05) is 61.8 Å². The molecule has 3 atom stereocenters. The van der Waals surface area contributed by atoms with Gasteiger partial charge < -0.3 is 9.84 Å². The van der Waals surface area contributed by atoms with Crippen molar-refractivity contribution >= 4 is 29.5 Å². The number of aromatic nitrogens is 2. The Hall–Kier alpha value is -2.68. The van der Waals surface area contributed by atoms with Crippen molar-refractivity contribution in [2.45, 2.75) is 63.1 Å². The lowest BCUT2D eigenvalue weighted by Crippen LogP contribution is -2.50. The van der Waals surface area contributed by atoms with Crippen LogP contribution in [-0.4, -0.2) is 40.2 Å². The fraction of sp³-hybridized carbons (Fsp3) is 0.522. The average Bonchev–Trinajstić information content (AvgIpc) is 3.27. The molecule has 3 rings (SSSR count). The van der Waals surface area contributed by atoms with Crippen LogP contribution in [0, 0.1) is 11.8 Å². The Bertz CT molecular complexity index is 931. The highest BCUT2D eigenvalue weighted by atomic mass is 32.2. The summed E-state index contributed by atoms with van der Waals surface area (Å²) in [5.74, 6) is -1.67. The first-order chi connectivity index (χ1) is 15.4. The normalized spacial score (nSPS) is 19.4. The van der Waals surface area contributed by atoms with Crippen LogP contribution >= 0.6 is 11.8 Å². The fourth-order valence-corrected chi connectivity index (χ4v) is 4.30. The summed E-state index contributed by atoms with van der Waals surface area (Å²) in [6.45, 7) is 3.99. The van der Waals surface area contributed by atoms with E-state index in [1.165, 1.54) is 11.8 Å². The van der Waals surface area contributed by atoms with E-state index in [9.17, 15) is 14.4 Å². The quantitative estimate of drug-likeness (QED) is 0.581. The molecule has 0 radical (unpaired) electrons. The zero-order valence-corrected chi connectivity index (χ0v) is 19.5. The molecule has 0 spiro atoms. The number of thioether (sulfide) groups is 1. The highest BCUT2D eigenvalue weighted by molar-refractivity contribution is 7.98. The number of carbonyl (C=O) groups excluding carboxylic acids is 3. The molecule has 1 saturated carbocycles.